The summed E-state index contributed by atoms with van der Waals surface area (Å²) in [4.78, 5) is 25.6. The van der Waals surface area contributed by atoms with E-state index in [0.29, 0.717) is 18.5 Å². The monoisotopic (exact) mass is 321 g/mol. The molecule has 0 aromatic carbocycles. The Morgan fingerprint density at radius 3 is 2.61 bits per heavy atom. The third-order valence-electron chi connectivity index (χ3n) is 4.46. The van der Waals surface area contributed by atoms with E-state index in [2.05, 4.69) is 25.9 Å². The minimum Gasteiger partial charge on any atom is -0.481 e. The lowest BCUT2D eigenvalue weighted by atomic mass is 9.97. The Morgan fingerprint density at radius 2 is 2.04 bits per heavy atom. The van der Waals surface area contributed by atoms with E-state index in [4.69, 9.17) is 5.11 Å². The van der Waals surface area contributed by atoms with E-state index in [-0.39, 0.29) is 23.9 Å². The van der Waals surface area contributed by atoms with E-state index >= 15 is 0 Å². The van der Waals surface area contributed by atoms with Crippen LogP contribution < -0.4 is 0 Å². The van der Waals surface area contributed by atoms with E-state index in [1.807, 2.05) is 16.5 Å². The molecule has 128 valence electrons. The summed E-state index contributed by atoms with van der Waals surface area (Å²) in [6.45, 7) is 8.78. The molecule has 0 radical (unpaired) electrons. The summed E-state index contributed by atoms with van der Waals surface area (Å²) in [6.07, 6.45) is 5.18. The maximum Gasteiger partial charge on any atom is 0.303 e. The summed E-state index contributed by atoms with van der Waals surface area (Å²) in [6, 6.07) is 0.0183. The van der Waals surface area contributed by atoms with Gasteiger partial charge in [0.2, 0.25) is 0 Å². The van der Waals surface area contributed by atoms with Gasteiger partial charge in [-0.1, -0.05) is 0 Å². The first-order valence-corrected chi connectivity index (χ1v) is 8.29. The van der Waals surface area contributed by atoms with Crippen molar-refractivity contribution in [1.29, 1.82) is 0 Å². The molecule has 1 fully saturated rings. The van der Waals surface area contributed by atoms with Crippen LogP contribution in [-0.2, 0) is 10.3 Å². The van der Waals surface area contributed by atoms with Gasteiger partial charge in [0.25, 0.3) is 5.91 Å². The first kappa shape index (κ1) is 17.5. The summed E-state index contributed by atoms with van der Waals surface area (Å²) in [5, 5.41) is 13.3. The number of amides is 1. The van der Waals surface area contributed by atoms with Gasteiger partial charge < -0.3 is 10.0 Å². The van der Waals surface area contributed by atoms with Crippen molar-refractivity contribution in [3.05, 3.63) is 17.5 Å². The van der Waals surface area contributed by atoms with Crippen LogP contribution in [0, 0.1) is 6.92 Å². The number of carbonyl (C=O) groups is 2. The van der Waals surface area contributed by atoms with Crippen LogP contribution in [0.4, 0.5) is 0 Å². The van der Waals surface area contributed by atoms with E-state index in [1.165, 1.54) is 0 Å². The highest BCUT2D eigenvalue weighted by Gasteiger charge is 2.30. The Kier molecular flexibility index (Phi) is 5.12. The van der Waals surface area contributed by atoms with Gasteiger partial charge in [0, 0.05) is 24.7 Å². The molecule has 23 heavy (non-hydrogen) atoms. The zero-order valence-corrected chi connectivity index (χ0v) is 14.5. The van der Waals surface area contributed by atoms with Gasteiger partial charge in [0.05, 0.1) is 17.3 Å². The van der Waals surface area contributed by atoms with Crippen LogP contribution in [-0.4, -0.2) is 44.3 Å². The maximum absolute atomic E-state index is 12.9. The second-order valence-corrected chi connectivity index (χ2v) is 7.31. The molecule has 6 nitrogen and oxygen atoms in total. The zero-order valence-electron chi connectivity index (χ0n) is 14.5. The molecule has 1 aromatic heterocycles. The van der Waals surface area contributed by atoms with E-state index in [0.717, 1.165) is 25.0 Å². The van der Waals surface area contributed by atoms with Gasteiger partial charge in [-0.15, -0.1) is 0 Å². The third-order valence-corrected chi connectivity index (χ3v) is 4.46. The van der Waals surface area contributed by atoms with Crippen molar-refractivity contribution in [3.8, 4) is 0 Å². The summed E-state index contributed by atoms with van der Waals surface area (Å²) in [5.41, 5.74) is 1.32. The van der Waals surface area contributed by atoms with Crippen LogP contribution in [0.15, 0.2) is 6.20 Å². The van der Waals surface area contributed by atoms with Gasteiger partial charge in [0.1, 0.15) is 0 Å². The molecule has 2 heterocycles. The smallest absolute Gasteiger partial charge is 0.303 e. The SMILES string of the molecule is Cc1c(C(=O)N2CCCCC2CCC(=O)O)cnn1C(C)(C)C. The van der Waals surface area contributed by atoms with Gasteiger partial charge in [-0.25, -0.2) is 0 Å². The van der Waals surface area contributed by atoms with Gasteiger partial charge in [-0.2, -0.15) is 5.10 Å². The molecular weight excluding hydrogens is 294 g/mol. The molecule has 1 aromatic rings. The predicted molar refractivity (Wildman–Crippen MR) is 87.5 cm³/mol. The van der Waals surface area contributed by atoms with Crippen molar-refractivity contribution in [1.82, 2.24) is 14.7 Å². The molecule has 1 aliphatic heterocycles. The number of likely N-dealkylation sites (tertiary alicyclic amines) is 1. The van der Waals surface area contributed by atoms with Crippen LogP contribution >= 0.6 is 0 Å². The molecule has 1 atom stereocenters. The highest BCUT2D eigenvalue weighted by Crippen LogP contribution is 2.25. The largest absolute Gasteiger partial charge is 0.481 e. The number of carboxylic acids is 1. The highest BCUT2D eigenvalue weighted by molar-refractivity contribution is 5.95. The van der Waals surface area contributed by atoms with Gasteiger partial charge in [-0.3, -0.25) is 14.3 Å². The average Bonchev–Trinajstić information content (AvgIpc) is 2.86. The van der Waals surface area contributed by atoms with Crippen molar-refractivity contribution >= 4 is 11.9 Å². The number of hydrogen-bond donors (Lipinski definition) is 1. The second-order valence-electron chi connectivity index (χ2n) is 7.31. The van der Waals surface area contributed by atoms with Crippen molar-refractivity contribution in [2.24, 2.45) is 0 Å². The van der Waals surface area contributed by atoms with Gasteiger partial charge in [0.15, 0.2) is 0 Å². The predicted octanol–water partition coefficient (Wildman–Crippen LogP) is 2.81. The fourth-order valence-corrected chi connectivity index (χ4v) is 3.31. The van der Waals surface area contributed by atoms with Crippen LogP contribution in [0.3, 0.4) is 0 Å². The van der Waals surface area contributed by atoms with Crippen LogP contribution in [0.1, 0.15) is 68.9 Å². The normalized spacial score (nSPS) is 19.0. The summed E-state index contributed by atoms with van der Waals surface area (Å²) < 4.78 is 1.87. The molecule has 1 saturated heterocycles. The molecule has 1 amide bonds. The van der Waals surface area contributed by atoms with Crippen molar-refractivity contribution in [3.63, 3.8) is 0 Å². The summed E-state index contributed by atoms with van der Waals surface area (Å²) >= 11 is 0. The Hall–Kier alpha value is -1.85. The highest BCUT2D eigenvalue weighted by atomic mass is 16.4. The molecular formula is C17H27N3O3. The maximum atomic E-state index is 12.9. The quantitative estimate of drug-likeness (QED) is 0.925. The molecule has 0 bridgehead atoms. The zero-order chi connectivity index (χ0) is 17.2. The third kappa shape index (κ3) is 3.92. The number of aliphatic carboxylic acids is 1. The average molecular weight is 321 g/mol. The number of nitrogens with zero attached hydrogens (tertiary/aromatic N) is 3. The topological polar surface area (TPSA) is 75.4 Å². The number of aromatic nitrogens is 2. The first-order valence-electron chi connectivity index (χ1n) is 8.29. The number of carboxylic acid groups (broad SMARTS) is 1. The molecule has 6 heteroatoms. The van der Waals surface area contributed by atoms with Crippen molar-refractivity contribution in [2.75, 3.05) is 6.54 Å². The van der Waals surface area contributed by atoms with Crippen LogP contribution in [0.2, 0.25) is 0 Å². The molecule has 1 aliphatic rings. The molecule has 0 saturated carbocycles. The Labute approximate surface area is 137 Å². The number of hydrogen-bond acceptors (Lipinski definition) is 3. The summed E-state index contributed by atoms with van der Waals surface area (Å²) in [7, 11) is 0. The first-order chi connectivity index (χ1) is 10.7. The van der Waals surface area contributed by atoms with Crippen LogP contribution in [0.25, 0.3) is 0 Å². The minimum absolute atomic E-state index is 0.0183. The lowest BCUT2D eigenvalue weighted by Gasteiger charge is -2.35. The van der Waals surface area contributed by atoms with Gasteiger partial charge in [-0.05, 0) is 53.4 Å². The molecule has 1 unspecified atom stereocenters. The Morgan fingerprint density at radius 1 is 1.35 bits per heavy atom. The summed E-state index contributed by atoms with van der Waals surface area (Å²) in [5.74, 6) is -0.826. The molecule has 2 rings (SSSR count). The number of rotatable bonds is 4. The standard InChI is InChI=1S/C17H27N3O3/c1-12-14(11-18-20(12)17(2,3)4)16(23)19-10-6-5-7-13(19)8-9-15(21)22/h11,13H,5-10H2,1-4H3,(H,21,22). The van der Waals surface area contributed by atoms with Crippen LogP contribution in [0.5, 0.6) is 0 Å². The lowest BCUT2D eigenvalue weighted by Crippen LogP contribution is -2.44. The van der Waals surface area contributed by atoms with Crippen molar-refractivity contribution in [2.45, 2.75) is 71.4 Å². The van der Waals surface area contributed by atoms with E-state index in [1.54, 1.807) is 6.20 Å². The Balaban J connectivity index is 2.20. The van der Waals surface area contributed by atoms with Crippen molar-refractivity contribution < 1.29 is 14.7 Å². The molecule has 1 N–H and O–H groups in total. The Bertz CT molecular complexity index is 586. The number of piperidine rings is 1. The minimum atomic E-state index is -0.806. The van der Waals surface area contributed by atoms with Gasteiger partial charge >= 0.3 is 5.97 Å². The van der Waals surface area contributed by atoms with E-state index in [9.17, 15) is 9.59 Å². The molecule has 0 spiro atoms. The van der Waals surface area contributed by atoms with E-state index < -0.39 is 5.97 Å². The number of carbonyl (C=O) groups excluding carboxylic acids is 1. The molecule has 0 aliphatic carbocycles. The second kappa shape index (κ2) is 6.72. The fourth-order valence-electron chi connectivity index (χ4n) is 3.31. The fraction of sp³-hybridized carbons (Fsp3) is 0.706. The lowest BCUT2D eigenvalue weighted by molar-refractivity contribution is -0.137.